The van der Waals surface area contributed by atoms with Crippen molar-refractivity contribution in [2.45, 2.75) is 13.5 Å². The van der Waals surface area contributed by atoms with Crippen molar-refractivity contribution < 1.29 is 9.53 Å². The molecule has 0 fully saturated rings. The van der Waals surface area contributed by atoms with E-state index in [4.69, 9.17) is 4.74 Å². The van der Waals surface area contributed by atoms with Crippen LogP contribution in [0.1, 0.15) is 17.3 Å². The van der Waals surface area contributed by atoms with E-state index in [2.05, 4.69) is 26.8 Å². The standard InChI is InChI=1S/C21H18N4O2/c1-2-25-14-18(17-8-3-4-9-19(17)25)21(26)24-15-6-5-7-16(12-15)27-20-13-22-10-11-23-20/h3-14H,2H2,1H3,(H,24,26). The third-order valence-corrected chi connectivity index (χ3v) is 4.23. The summed E-state index contributed by atoms with van der Waals surface area (Å²) in [6.45, 7) is 2.86. The van der Waals surface area contributed by atoms with E-state index in [9.17, 15) is 4.79 Å². The highest BCUT2D eigenvalue weighted by Gasteiger charge is 2.14. The molecule has 2 aromatic heterocycles. The molecule has 0 spiro atoms. The van der Waals surface area contributed by atoms with Crippen LogP contribution in [0.2, 0.25) is 0 Å². The highest BCUT2D eigenvalue weighted by Crippen LogP contribution is 2.25. The van der Waals surface area contributed by atoms with E-state index in [1.165, 1.54) is 6.20 Å². The van der Waals surface area contributed by atoms with Crippen molar-refractivity contribution in [3.63, 3.8) is 0 Å². The highest BCUT2D eigenvalue weighted by molar-refractivity contribution is 6.13. The first kappa shape index (κ1) is 16.8. The number of rotatable bonds is 5. The molecule has 0 radical (unpaired) electrons. The maximum Gasteiger partial charge on any atom is 0.257 e. The van der Waals surface area contributed by atoms with E-state index in [1.54, 1.807) is 24.5 Å². The molecule has 6 nitrogen and oxygen atoms in total. The Labute approximate surface area is 156 Å². The highest BCUT2D eigenvalue weighted by atomic mass is 16.5. The van der Waals surface area contributed by atoms with Crippen molar-refractivity contribution in [1.29, 1.82) is 0 Å². The second kappa shape index (κ2) is 7.29. The molecule has 4 rings (SSSR count). The lowest BCUT2D eigenvalue weighted by Gasteiger charge is -2.08. The fraction of sp³-hybridized carbons (Fsp3) is 0.0952. The Bertz CT molecular complexity index is 1090. The van der Waals surface area contributed by atoms with Gasteiger partial charge in [0.1, 0.15) is 5.75 Å². The summed E-state index contributed by atoms with van der Waals surface area (Å²) in [5, 5.41) is 3.88. The minimum atomic E-state index is -0.157. The van der Waals surface area contributed by atoms with Gasteiger partial charge in [-0.05, 0) is 25.1 Å². The normalized spacial score (nSPS) is 10.7. The SMILES string of the molecule is CCn1cc(C(=O)Nc2cccc(Oc3cnccn3)c2)c2ccccc21. The summed E-state index contributed by atoms with van der Waals surface area (Å²) in [4.78, 5) is 20.9. The zero-order chi connectivity index (χ0) is 18.6. The van der Waals surface area contributed by atoms with Gasteiger partial charge in [-0.3, -0.25) is 9.78 Å². The number of anilines is 1. The third-order valence-electron chi connectivity index (χ3n) is 4.23. The fourth-order valence-corrected chi connectivity index (χ4v) is 2.98. The van der Waals surface area contributed by atoms with Crippen LogP contribution in [0.5, 0.6) is 11.6 Å². The second-order valence-electron chi connectivity index (χ2n) is 5.97. The summed E-state index contributed by atoms with van der Waals surface area (Å²) in [6, 6.07) is 15.1. The fourth-order valence-electron chi connectivity index (χ4n) is 2.98. The molecule has 2 aromatic carbocycles. The van der Waals surface area contributed by atoms with Crippen LogP contribution in [-0.4, -0.2) is 20.4 Å². The third kappa shape index (κ3) is 3.50. The minimum Gasteiger partial charge on any atom is -0.437 e. The predicted octanol–water partition coefficient (Wildman–Crippen LogP) is 4.50. The van der Waals surface area contributed by atoms with Crippen molar-refractivity contribution in [3.05, 3.63) is 78.9 Å². The van der Waals surface area contributed by atoms with Gasteiger partial charge in [-0.1, -0.05) is 24.3 Å². The van der Waals surface area contributed by atoms with Gasteiger partial charge in [-0.2, -0.15) is 0 Å². The molecule has 0 aliphatic rings. The largest absolute Gasteiger partial charge is 0.437 e. The number of nitrogens with one attached hydrogen (secondary N) is 1. The number of fused-ring (bicyclic) bond motifs is 1. The maximum atomic E-state index is 12.8. The monoisotopic (exact) mass is 358 g/mol. The zero-order valence-corrected chi connectivity index (χ0v) is 14.8. The van der Waals surface area contributed by atoms with Gasteiger partial charge in [0.05, 0.1) is 11.8 Å². The van der Waals surface area contributed by atoms with Crippen LogP contribution >= 0.6 is 0 Å². The van der Waals surface area contributed by atoms with Crippen LogP contribution in [-0.2, 0) is 6.54 Å². The molecule has 1 amide bonds. The van der Waals surface area contributed by atoms with Gasteiger partial charge >= 0.3 is 0 Å². The van der Waals surface area contributed by atoms with Crippen LogP contribution in [0.4, 0.5) is 5.69 Å². The molecular weight excluding hydrogens is 340 g/mol. The van der Waals surface area contributed by atoms with Gasteiger partial charge in [-0.25, -0.2) is 4.98 Å². The lowest BCUT2D eigenvalue weighted by Crippen LogP contribution is -2.11. The number of amides is 1. The quantitative estimate of drug-likeness (QED) is 0.570. The molecule has 0 aliphatic heterocycles. The van der Waals surface area contributed by atoms with Crippen LogP contribution in [0, 0.1) is 0 Å². The summed E-state index contributed by atoms with van der Waals surface area (Å²) >= 11 is 0. The lowest BCUT2D eigenvalue weighted by molar-refractivity contribution is 0.102. The molecular formula is C21H18N4O2. The van der Waals surface area contributed by atoms with E-state index in [0.717, 1.165) is 17.4 Å². The Morgan fingerprint density at radius 1 is 1.15 bits per heavy atom. The number of nitrogens with zero attached hydrogens (tertiary/aromatic N) is 3. The summed E-state index contributed by atoms with van der Waals surface area (Å²) in [5.41, 5.74) is 2.34. The van der Waals surface area contributed by atoms with E-state index < -0.39 is 0 Å². The number of benzene rings is 2. The summed E-state index contributed by atoms with van der Waals surface area (Å²) in [7, 11) is 0. The molecule has 4 aromatic rings. The van der Waals surface area contributed by atoms with Crippen molar-refractivity contribution >= 4 is 22.5 Å². The molecule has 134 valence electrons. The molecule has 0 atom stereocenters. The number of aromatic nitrogens is 3. The molecule has 1 N–H and O–H groups in total. The smallest absolute Gasteiger partial charge is 0.257 e. The van der Waals surface area contributed by atoms with Gasteiger partial charge in [0.2, 0.25) is 5.88 Å². The van der Waals surface area contributed by atoms with Crippen LogP contribution < -0.4 is 10.1 Å². The van der Waals surface area contributed by atoms with Crippen LogP contribution in [0.15, 0.2) is 73.3 Å². The van der Waals surface area contributed by atoms with Gasteiger partial charge in [0.15, 0.2) is 0 Å². The van der Waals surface area contributed by atoms with Crippen molar-refractivity contribution in [1.82, 2.24) is 14.5 Å². The second-order valence-corrected chi connectivity index (χ2v) is 5.97. The first-order valence-electron chi connectivity index (χ1n) is 8.68. The predicted molar refractivity (Wildman–Crippen MR) is 104 cm³/mol. The van der Waals surface area contributed by atoms with E-state index in [0.29, 0.717) is 22.9 Å². The topological polar surface area (TPSA) is 69.0 Å². The van der Waals surface area contributed by atoms with E-state index in [1.807, 2.05) is 42.6 Å². The summed E-state index contributed by atoms with van der Waals surface area (Å²) < 4.78 is 7.74. The number of ether oxygens (including phenoxy) is 1. The Morgan fingerprint density at radius 2 is 2.04 bits per heavy atom. The number of hydrogen-bond donors (Lipinski definition) is 1. The molecule has 0 unspecified atom stereocenters. The Balaban J connectivity index is 1.58. The molecule has 0 saturated heterocycles. The average Bonchev–Trinajstić information content (AvgIpc) is 3.08. The molecule has 27 heavy (non-hydrogen) atoms. The number of hydrogen-bond acceptors (Lipinski definition) is 4. The number of aryl methyl sites for hydroxylation is 1. The van der Waals surface area contributed by atoms with Gasteiger partial charge in [0, 0.05) is 47.8 Å². The summed E-state index contributed by atoms with van der Waals surface area (Å²) in [5.74, 6) is 0.811. The summed E-state index contributed by atoms with van der Waals surface area (Å²) in [6.07, 6.45) is 6.56. The van der Waals surface area contributed by atoms with Crippen molar-refractivity contribution in [3.8, 4) is 11.6 Å². The number of carbonyl (C=O) groups is 1. The van der Waals surface area contributed by atoms with E-state index in [-0.39, 0.29) is 5.91 Å². The van der Waals surface area contributed by atoms with Gasteiger partial charge in [-0.15, -0.1) is 0 Å². The Kier molecular flexibility index (Phi) is 4.53. The lowest BCUT2D eigenvalue weighted by atomic mass is 10.1. The van der Waals surface area contributed by atoms with Crippen molar-refractivity contribution in [2.24, 2.45) is 0 Å². The maximum absolute atomic E-state index is 12.8. The van der Waals surface area contributed by atoms with Crippen LogP contribution in [0.25, 0.3) is 10.9 Å². The molecule has 0 aliphatic carbocycles. The molecule has 6 heteroatoms. The molecule has 0 bridgehead atoms. The molecule has 2 heterocycles. The first-order chi connectivity index (χ1) is 13.2. The van der Waals surface area contributed by atoms with Crippen molar-refractivity contribution in [2.75, 3.05) is 5.32 Å². The van der Waals surface area contributed by atoms with E-state index >= 15 is 0 Å². The van der Waals surface area contributed by atoms with Gasteiger partial charge < -0.3 is 14.6 Å². The molecule has 0 saturated carbocycles. The average molecular weight is 358 g/mol. The number of carbonyl (C=O) groups excluding carboxylic acids is 1. The minimum absolute atomic E-state index is 0.157. The first-order valence-corrected chi connectivity index (χ1v) is 8.68. The Hall–Kier alpha value is -3.67. The zero-order valence-electron chi connectivity index (χ0n) is 14.8. The van der Waals surface area contributed by atoms with Gasteiger partial charge in [0.25, 0.3) is 5.91 Å². The van der Waals surface area contributed by atoms with Crippen LogP contribution in [0.3, 0.4) is 0 Å². The Morgan fingerprint density at radius 3 is 2.85 bits per heavy atom. The number of para-hydroxylation sites is 1.